The monoisotopic (exact) mass is 383 g/mol. The van der Waals surface area contributed by atoms with Gasteiger partial charge in [-0.3, -0.25) is 9.59 Å². The Balaban J connectivity index is 1.50. The zero-order valence-corrected chi connectivity index (χ0v) is 15.9. The number of nitrogens with zero attached hydrogens (tertiary/aromatic N) is 1. The predicted octanol–water partition coefficient (Wildman–Crippen LogP) is 1.97. The number of ether oxygens (including phenoxy) is 2. The molecule has 0 saturated carbocycles. The molecular weight excluding hydrogens is 358 g/mol. The van der Waals surface area contributed by atoms with E-state index in [1.165, 1.54) is 0 Å². The van der Waals surface area contributed by atoms with Crippen molar-refractivity contribution in [2.45, 2.75) is 25.4 Å². The molecule has 1 fully saturated rings. The second-order valence-corrected chi connectivity index (χ2v) is 6.61. The number of carbonyl (C=O) groups is 2. The molecule has 1 saturated heterocycles. The molecule has 148 valence electrons. The first-order valence-corrected chi connectivity index (χ1v) is 9.43. The Morgan fingerprint density at radius 2 is 1.89 bits per heavy atom. The Hall–Kier alpha value is -2.93. The number of pyridine rings is 1. The van der Waals surface area contributed by atoms with Crippen LogP contribution in [-0.4, -0.2) is 49.7 Å². The Morgan fingerprint density at radius 3 is 2.61 bits per heavy atom. The van der Waals surface area contributed by atoms with Crippen LogP contribution in [0.4, 0.5) is 0 Å². The van der Waals surface area contributed by atoms with Gasteiger partial charge in [-0.25, -0.2) is 4.98 Å². The number of hydrogen-bond acceptors (Lipinski definition) is 5. The lowest BCUT2D eigenvalue weighted by molar-refractivity contribution is 0.0853. The maximum atomic E-state index is 12.3. The van der Waals surface area contributed by atoms with Gasteiger partial charge in [0, 0.05) is 19.7 Å². The smallest absolute Gasteiger partial charge is 0.269 e. The molecule has 1 aliphatic heterocycles. The van der Waals surface area contributed by atoms with Crippen molar-refractivity contribution in [1.82, 2.24) is 15.6 Å². The third kappa shape index (κ3) is 5.53. The van der Waals surface area contributed by atoms with Crippen LogP contribution >= 0.6 is 0 Å². The Kier molecular flexibility index (Phi) is 6.97. The summed E-state index contributed by atoms with van der Waals surface area (Å²) in [6, 6.07) is 12.5. The fourth-order valence-corrected chi connectivity index (χ4v) is 3.03. The van der Waals surface area contributed by atoms with Gasteiger partial charge in [0.1, 0.15) is 17.1 Å². The van der Waals surface area contributed by atoms with Gasteiger partial charge in [-0.2, -0.15) is 0 Å². The topological polar surface area (TPSA) is 89.5 Å². The van der Waals surface area contributed by atoms with E-state index in [2.05, 4.69) is 15.6 Å². The maximum absolute atomic E-state index is 12.3. The number of carbonyl (C=O) groups excluding carboxylic acids is 2. The van der Waals surface area contributed by atoms with Crippen LogP contribution in [0.2, 0.25) is 0 Å². The molecular formula is C21H25N3O4. The summed E-state index contributed by atoms with van der Waals surface area (Å²) in [6.45, 7) is 1.66. The minimum atomic E-state index is -0.309. The summed E-state index contributed by atoms with van der Waals surface area (Å²) in [7, 11) is 1.62. The third-order valence-electron chi connectivity index (χ3n) is 4.56. The fraction of sp³-hybridized carbons (Fsp3) is 0.381. The van der Waals surface area contributed by atoms with Gasteiger partial charge in [0.2, 0.25) is 0 Å². The molecule has 0 spiro atoms. The van der Waals surface area contributed by atoms with Crippen molar-refractivity contribution in [1.29, 1.82) is 0 Å². The van der Waals surface area contributed by atoms with E-state index < -0.39 is 0 Å². The normalized spacial score (nSPS) is 15.8. The molecule has 1 aliphatic rings. The average Bonchev–Trinajstić information content (AvgIpc) is 3.26. The van der Waals surface area contributed by atoms with E-state index in [-0.39, 0.29) is 29.3 Å². The van der Waals surface area contributed by atoms with Crippen LogP contribution in [0, 0.1) is 0 Å². The van der Waals surface area contributed by atoms with E-state index in [4.69, 9.17) is 9.47 Å². The van der Waals surface area contributed by atoms with E-state index in [0.29, 0.717) is 19.5 Å². The van der Waals surface area contributed by atoms with Crippen LogP contribution in [0.3, 0.4) is 0 Å². The molecule has 2 amide bonds. The van der Waals surface area contributed by atoms with Crippen LogP contribution in [0.15, 0.2) is 42.5 Å². The van der Waals surface area contributed by atoms with Crippen molar-refractivity contribution >= 4 is 11.8 Å². The maximum Gasteiger partial charge on any atom is 0.269 e. The summed E-state index contributed by atoms with van der Waals surface area (Å²) in [5.41, 5.74) is 1.50. The molecule has 2 heterocycles. The van der Waals surface area contributed by atoms with Gasteiger partial charge in [-0.1, -0.05) is 18.2 Å². The fourth-order valence-electron chi connectivity index (χ4n) is 3.03. The van der Waals surface area contributed by atoms with E-state index in [1.54, 1.807) is 25.3 Å². The van der Waals surface area contributed by atoms with Crippen LogP contribution in [0.5, 0.6) is 5.75 Å². The summed E-state index contributed by atoms with van der Waals surface area (Å²) >= 11 is 0. The van der Waals surface area contributed by atoms with E-state index >= 15 is 0 Å². The summed E-state index contributed by atoms with van der Waals surface area (Å²) < 4.78 is 10.7. The van der Waals surface area contributed by atoms with Gasteiger partial charge in [-0.05, 0) is 49.1 Å². The molecule has 0 aliphatic carbocycles. The summed E-state index contributed by atoms with van der Waals surface area (Å²) in [5.74, 6) is 0.172. The minimum Gasteiger partial charge on any atom is -0.497 e. The minimum absolute atomic E-state index is 0.0621. The SMILES string of the molecule is COc1cccc(CCNC(=O)c2cccc(C(=O)NCC3CCCO3)n2)c1. The molecule has 2 N–H and O–H groups in total. The molecule has 1 unspecified atom stereocenters. The lowest BCUT2D eigenvalue weighted by atomic mass is 10.1. The average molecular weight is 383 g/mol. The number of aromatic nitrogens is 1. The molecule has 28 heavy (non-hydrogen) atoms. The van der Waals surface area contributed by atoms with E-state index in [9.17, 15) is 9.59 Å². The standard InChI is InChI=1S/C21H25N3O4/c1-27-16-6-2-5-15(13-16)10-11-22-20(25)18-8-3-9-19(24-18)21(26)23-14-17-7-4-12-28-17/h2-3,5-6,8-9,13,17H,4,7,10-12,14H2,1H3,(H,22,25)(H,23,26). The molecule has 1 atom stereocenters. The highest BCUT2D eigenvalue weighted by molar-refractivity contribution is 5.96. The highest BCUT2D eigenvalue weighted by Gasteiger charge is 2.18. The highest BCUT2D eigenvalue weighted by atomic mass is 16.5. The van der Waals surface area contributed by atoms with Crippen molar-refractivity contribution in [3.05, 3.63) is 59.4 Å². The molecule has 2 aromatic rings. The number of methoxy groups -OCH3 is 1. The lowest BCUT2D eigenvalue weighted by Gasteiger charge is -2.11. The summed E-state index contributed by atoms with van der Waals surface area (Å²) in [6.07, 6.45) is 2.70. The van der Waals surface area contributed by atoms with Crippen molar-refractivity contribution in [2.24, 2.45) is 0 Å². The first-order chi connectivity index (χ1) is 13.7. The molecule has 0 bridgehead atoms. The van der Waals surface area contributed by atoms with Crippen molar-refractivity contribution < 1.29 is 19.1 Å². The number of amides is 2. The van der Waals surface area contributed by atoms with Gasteiger partial charge < -0.3 is 20.1 Å². The first kappa shape index (κ1) is 19.8. The quantitative estimate of drug-likeness (QED) is 0.728. The Morgan fingerprint density at radius 1 is 1.14 bits per heavy atom. The zero-order chi connectivity index (χ0) is 19.8. The summed E-state index contributed by atoms with van der Waals surface area (Å²) in [4.78, 5) is 28.8. The summed E-state index contributed by atoms with van der Waals surface area (Å²) in [5, 5.41) is 5.65. The Bertz CT molecular complexity index is 819. The number of hydrogen-bond donors (Lipinski definition) is 2. The van der Waals surface area contributed by atoms with Crippen LogP contribution < -0.4 is 15.4 Å². The number of nitrogens with one attached hydrogen (secondary N) is 2. The van der Waals surface area contributed by atoms with Gasteiger partial charge in [-0.15, -0.1) is 0 Å². The molecule has 1 aromatic heterocycles. The zero-order valence-electron chi connectivity index (χ0n) is 15.9. The van der Waals surface area contributed by atoms with Crippen LogP contribution in [0.25, 0.3) is 0 Å². The van der Waals surface area contributed by atoms with E-state index in [0.717, 1.165) is 30.8 Å². The van der Waals surface area contributed by atoms with Crippen molar-refractivity contribution in [3.63, 3.8) is 0 Å². The lowest BCUT2D eigenvalue weighted by Crippen LogP contribution is -2.33. The number of benzene rings is 1. The van der Waals surface area contributed by atoms with Gasteiger partial charge in [0.15, 0.2) is 0 Å². The molecule has 3 rings (SSSR count). The van der Waals surface area contributed by atoms with Crippen molar-refractivity contribution in [2.75, 3.05) is 26.8 Å². The second kappa shape index (κ2) is 9.85. The number of rotatable bonds is 8. The van der Waals surface area contributed by atoms with Crippen molar-refractivity contribution in [3.8, 4) is 5.75 Å². The third-order valence-corrected chi connectivity index (χ3v) is 4.56. The molecule has 7 heteroatoms. The highest BCUT2D eigenvalue weighted by Crippen LogP contribution is 2.13. The molecule has 7 nitrogen and oxygen atoms in total. The molecule has 0 radical (unpaired) electrons. The predicted molar refractivity (Wildman–Crippen MR) is 105 cm³/mol. The van der Waals surface area contributed by atoms with Crippen LogP contribution in [0.1, 0.15) is 39.4 Å². The molecule has 1 aromatic carbocycles. The first-order valence-electron chi connectivity index (χ1n) is 9.43. The van der Waals surface area contributed by atoms with Gasteiger partial charge in [0.25, 0.3) is 11.8 Å². The van der Waals surface area contributed by atoms with Crippen LogP contribution in [-0.2, 0) is 11.2 Å². The second-order valence-electron chi connectivity index (χ2n) is 6.61. The Labute approximate surface area is 164 Å². The van der Waals surface area contributed by atoms with Gasteiger partial charge in [0.05, 0.1) is 13.2 Å². The largest absolute Gasteiger partial charge is 0.497 e. The van der Waals surface area contributed by atoms with E-state index in [1.807, 2.05) is 24.3 Å². The van der Waals surface area contributed by atoms with Gasteiger partial charge >= 0.3 is 0 Å².